The van der Waals surface area contributed by atoms with Gasteiger partial charge in [0.1, 0.15) is 4.75 Å². The number of unbranched alkanes of at least 4 members (excludes halogenated alkanes) is 4. The van der Waals surface area contributed by atoms with E-state index < -0.39 is 37.1 Å². The predicted octanol–water partition coefficient (Wildman–Crippen LogP) is 10.7. The van der Waals surface area contributed by atoms with Gasteiger partial charge >= 0.3 is 0 Å². The number of hydrogen-bond acceptors (Lipinski definition) is 6. The fourth-order valence-electron chi connectivity index (χ4n) is 6.55. The van der Waals surface area contributed by atoms with Crippen molar-refractivity contribution in [3.63, 3.8) is 0 Å². The molecule has 1 fully saturated rings. The van der Waals surface area contributed by atoms with E-state index in [2.05, 4.69) is 110 Å². The molecule has 0 aliphatic heterocycles. The number of benzene rings is 1. The minimum atomic E-state index is -3.89. The molecule has 1 aliphatic rings. The van der Waals surface area contributed by atoms with E-state index in [4.69, 9.17) is 14.1 Å². The zero-order valence-electron chi connectivity index (χ0n) is 33.3. The van der Waals surface area contributed by atoms with Crippen LogP contribution in [0.5, 0.6) is 0 Å². The van der Waals surface area contributed by atoms with Gasteiger partial charge in [-0.15, -0.1) is 0 Å². The summed E-state index contributed by atoms with van der Waals surface area (Å²) in [5.74, 6) is -0.403. The van der Waals surface area contributed by atoms with Crippen LogP contribution < -0.4 is 0 Å². The molecule has 1 aliphatic carbocycles. The number of nitrogens with zero attached hydrogens (tertiary/aromatic N) is 2. The second kappa shape index (κ2) is 17.8. The average Bonchev–Trinajstić information content (AvgIpc) is 3.30. The monoisotopic (exact) mass is 730 g/mol. The van der Waals surface area contributed by atoms with Crippen LogP contribution in [0.3, 0.4) is 0 Å². The number of sulfone groups is 1. The van der Waals surface area contributed by atoms with Crippen LogP contribution in [0.25, 0.3) is 0 Å². The van der Waals surface area contributed by atoms with Gasteiger partial charge in [-0.05, 0) is 94.6 Å². The molecule has 278 valence electrons. The number of nitriles is 1. The maximum Gasteiger partial charge on any atom is 0.192 e. The van der Waals surface area contributed by atoms with E-state index in [9.17, 15) is 0 Å². The number of allylic oxidation sites excluding steroid dienone is 2. The van der Waals surface area contributed by atoms with Gasteiger partial charge in [-0.1, -0.05) is 110 Å². The molecule has 5 unspecified atom stereocenters. The van der Waals surface area contributed by atoms with Crippen molar-refractivity contribution in [2.75, 3.05) is 14.1 Å². The molecule has 1 saturated carbocycles. The molecule has 0 amide bonds. The van der Waals surface area contributed by atoms with Gasteiger partial charge in [0.05, 0.1) is 23.2 Å². The smallest absolute Gasteiger partial charge is 0.192 e. The van der Waals surface area contributed by atoms with Crippen LogP contribution in [0, 0.1) is 17.2 Å². The maximum absolute atomic E-state index is 15.4. The minimum absolute atomic E-state index is 0.0345. The Kier molecular flexibility index (Phi) is 15.8. The SMILES string of the molecule is CCCCCC(/C=C/C1C(O[Si](C)(C)C(C)(C)C)CC(N(C)C)C1(C/C=C/CCCC#N)S(=O)(=O)c1ccccc1)O[Si](C)(C)C(C)(C)C. The zero-order chi connectivity index (χ0) is 37.3. The van der Waals surface area contributed by atoms with Crippen LogP contribution in [-0.4, -0.2) is 67.0 Å². The largest absolute Gasteiger partial charge is 0.413 e. The predicted molar refractivity (Wildman–Crippen MR) is 213 cm³/mol. The summed E-state index contributed by atoms with van der Waals surface area (Å²) in [4.78, 5) is 2.47. The van der Waals surface area contributed by atoms with Gasteiger partial charge in [0, 0.05) is 18.4 Å². The van der Waals surface area contributed by atoms with E-state index in [1.807, 2.05) is 32.3 Å². The standard InChI is InChI=1S/C40H70N2O4SSi2/c1-14-15-20-25-33(45-48(10,11)38(2,3)4)28-29-35-36(46-49(12,13)39(5,6)7)32-37(42(8)9)40(35,30-23-17-16-18-24-31-41)47(43,44)34-26-21-19-22-27-34/h17,19,21-23,26-29,33,35-37H,14-16,18,20,24-25,30,32H2,1-13H3/b23-17+,29-28+. The van der Waals surface area contributed by atoms with Crippen molar-refractivity contribution in [2.45, 2.75) is 170 Å². The molecule has 0 N–H and O–H groups in total. The van der Waals surface area contributed by atoms with Gasteiger partial charge in [-0.2, -0.15) is 5.26 Å². The molecule has 6 nitrogen and oxygen atoms in total. The highest BCUT2D eigenvalue weighted by molar-refractivity contribution is 7.93. The summed E-state index contributed by atoms with van der Waals surface area (Å²) in [6.45, 7) is 24.9. The Morgan fingerprint density at radius 3 is 2.12 bits per heavy atom. The molecule has 0 radical (unpaired) electrons. The lowest BCUT2D eigenvalue weighted by Gasteiger charge is -2.43. The zero-order valence-corrected chi connectivity index (χ0v) is 36.1. The first-order chi connectivity index (χ1) is 22.6. The van der Waals surface area contributed by atoms with Crippen LogP contribution in [0.15, 0.2) is 59.5 Å². The Morgan fingerprint density at radius 1 is 0.980 bits per heavy atom. The molecule has 1 aromatic carbocycles. The van der Waals surface area contributed by atoms with Crippen LogP contribution in [-0.2, 0) is 18.7 Å². The molecule has 49 heavy (non-hydrogen) atoms. The van der Waals surface area contributed by atoms with Crippen molar-refractivity contribution in [2.24, 2.45) is 5.92 Å². The molecule has 9 heteroatoms. The highest BCUT2D eigenvalue weighted by Gasteiger charge is 2.63. The van der Waals surface area contributed by atoms with E-state index in [1.54, 1.807) is 12.1 Å². The lowest BCUT2D eigenvalue weighted by Crippen LogP contribution is -2.55. The summed E-state index contributed by atoms with van der Waals surface area (Å²) in [6, 6.07) is 11.0. The summed E-state index contributed by atoms with van der Waals surface area (Å²) in [5.41, 5.74) is 0. The first kappa shape index (κ1) is 43.6. The van der Waals surface area contributed by atoms with E-state index in [0.717, 1.165) is 38.5 Å². The first-order valence-corrected chi connectivity index (χ1v) is 25.9. The van der Waals surface area contributed by atoms with Crippen molar-refractivity contribution in [1.29, 1.82) is 5.26 Å². The summed E-state index contributed by atoms with van der Waals surface area (Å²) in [7, 11) is -4.27. The van der Waals surface area contributed by atoms with Gasteiger partial charge in [0.25, 0.3) is 0 Å². The third-order valence-electron chi connectivity index (χ3n) is 11.6. The van der Waals surface area contributed by atoms with Crippen LogP contribution in [0.2, 0.25) is 36.3 Å². The van der Waals surface area contributed by atoms with Crippen molar-refractivity contribution in [1.82, 2.24) is 4.90 Å². The Labute approximate surface area is 303 Å². The lowest BCUT2D eigenvalue weighted by molar-refractivity contribution is 0.149. The van der Waals surface area contributed by atoms with E-state index in [0.29, 0.717) is 24.2 Å². The van der Waals surface area contributed by atoms with Gasteiger partial charge < -0.3 is 13.8 Å². The van der Waals surface area contributed by atoms with Crippen LogP contribution in [0.4, 0.5) is 0 Å². The summed E-state index contributed by atoms with van der Waals surface area (Å²) in [5, 5.41) is 9.10. The van der Waals surface area contributed by atoms with E-state index in [1.165, 1.54) is 0 Å². The van der Waals surface area contributed by atoms with Crippen molar-refractivity contribution in [3.05, 3.63) is 54.6 Å². The van der Waals surface area contributed by atoms with E-state index in [-0.39, 0.29) is 28.3 Å². The molecule has 0 aromatic heterocycles. The minimum Gasteiger partial charge on any atom is -0.413 e. The van der Waals surface area contributed by atoms with Gasteiger partial charge in [-0.25, -0.2) is 8.42 Å². The Morgan fingerprint density at radius 2 is 1.59 bits per heavy atom. The fraction of sp³-hybridized carbons (Fsp3) is 0.725. The average molecular weight is 731 g/mol. The molecule has 0 bridgehead atoms. The third-order valence-corrected chi connectivity index (χ3v) is 23.2. The van der Waals surface area contributed by atoms with Crippen LogP contribution >= 0.6 is 0 Å². The highest BCUT2D eigenvalue weighted by Crippen LogP contribution is 2.53. The molecular formula is C40H70N2O4SSi2. The quantitative estimate of drug-likeness (QED) is 0.0850. The maximum atomic E-state index is 15.4. The van der Waals surface area contributed by atoms with Crippen molar-refractivity contribution >= 4 is 26.5 Å². The summed E-state index contributed by atoms with van der Waals surface area (Å²) >= 11 is 0. The second-order valence-corrected chi connectivity index (χ2v) is 29.2. The second-order valence-electron chi connectivity index (χ2n) is 17.5. The molecule has 0 heterocycles. The van der Waals surface area contributed by atoms with Gasteiger partial charge in [0.15, 0.2) is 26.5 Å². The highest BCUT2D eigenvalue weighted by atomic mass is 32.2. The molecule has 2 rings (SSSR count). The summed E-state index contributed by atoms with van der Waals surface area (Å²) < 4.78 is 43.9. The molecule has 0 spiro atoms. The lowest BCUT2D eigenvalue weighted by atomic mass is 9.86. The Bertz CT molecular complexity index is 1370. The van der Waals surface area contributed by atoms with Gasteiger partial charge in [0.2, 0.25) is 0 Å². The number of hydrogen-bond donors (Lipinski definition) is 0. The molecule has 0 saturated heterocycles. The third kappa shape index (κ3) is 10.7. The Hall–Kier alpha value is -1.55. The molecule has 1 aromatic rings. The molecule has 5 atom stereocenters. The Balaban J connectivity index is 2.90. The van der Waals surface area contributed by atoms with E-state index >= 15 is 8.42 Å². The van der Waals surface area contributed by atoms with Gasteiger partial charge in [-0.3, -0.25) is 0 Å². The first-order valence-electron chi connectivity index (χ1n) is 18.6. The molecular weight excluding hydrogens is 661 g/mol. The normalized spacial score (nSPS) is 23.5. The van der Waals surface area contributed by atoms with Crippen molar-refractivity contribution in [3.8, 4) is 6.07 Å². The topological polar surface area (TPSA) is 79.6 Å². The van der Waals surface area contributed by atoms with Crippen LogP contribution in [0.1, 0.15) is 106 Å². The van der Waals surface area contributed by atoms with Crippen molar-refractivity contribution < 1.29 is 17.3 Å². The summed E-state index contributed by atoms with van der Waals surface area (Å²) in [6.07, 6.45) is 15.4. The fourth-order valence-corrected chi connectivity index (χ4v) is 11.7. The number of rotatable bonds is 18.